The van der Waals surface area contributed by atoms with Crippen LogP contribution in [-0.2, 0) is 6.18 Å². The number of thiazole rings is 1. The second-order valence-electron chi connectivity index (χ2n) is 8.62. The van der Waals surface area contributed by atoms with Crippen LogP contribution < -0.4 is 5.32 Å². The Kier molecular flexibility index (Phi) is 6.95. The van der Waals surface area contributed by atoms with Crippen molar-refractivity contribution in [1.29, 1.82) is 0 Å². The molecule has 192 valence electrons. The van der Waals surface area contributed by atoms with E-state index in [1.165, 1.54) is 18.2 Å². The molecule has 1 N–H and O–H groups in total. The standard InChI is InChI=1S/C23H21F6N5OS/c1-12-7-22(25,26)11-34(16(12)8-31-18-10-30-17(9-32-18)23(27,28)29)21(35)19-20(36-13(2)33-19)14-4-3-5-15(24)6-14/h3-6,9-10,12,16H,7-8,11H2,1-2H3,(H,31,32). The molecule has 0 radical (unpaired) electrons. The van der Waals surface area contributed by atoms with E-state index in [1.54, 1.807) is 19.9 Å². The summed E-state index contributed by atoms with van der Waals surface area (Å²) < 4.78 is 81.1. The summed E-state index contributed by atoms with van der Waals surface area (Å²) in [6.45, 7) is 2.31. The highest BCUT2D eigenvalue weighted by Gasteiger charge is 2.47. The molecule has 1 amide bonds. The molecule has 2 aromatic heterocycles. The highest BCUT2D eigenvalue weighted by molar-refractivity contribution is 7.15. The Hall–Kier alpha value is -3.22. The minimum absolute atomic E-state index is 0.00452. The molecule has 1 aliphatic heterocycles. The number of aryl methyl sites for hydroxylation is 1. The van der Waals surface area contributed by atoms with Crippen LogP contribution in [0.15, 0.2) is 36.7 Å². The van der Waals surface area contributed by atoms with Gasteiger partial charge in [0.05, 0.1) is 34.9 Å². The molecular weight excluding hydrogens is 508 g/mol. The van der Waals surface area contributed by atoms with Gasteiger partial charge in [-0.05, 0) is 30.5 Å². The quantitative estimate of drug-likeness (QED) is 0.432. The Morgan fingerprint density at radius 2 is 2.00 bits per heavy atom. The van der Waals surface area contributed by atoms with Crippen molar-refractivity contribution < 1.29 is 31.1 Å². The van der Waals surface area contributed by atoms with Crippen molar-refractivity contribution >= 4 is 23.1 Å². The number of rotatable bonds is 5. The first kappa shape index (κ1) is 25.9. The maximum absolute atomic E-state index is 14.5. The van der Waals surface area contributed by atoms with Gasteiger partial charge < -0.3 is 10.2 Å². The van der Waals surface area contributed by atoms with Crippen molar-refractivity contribution in [1.82, 2.24) is 19.9 Å². The fourth-order valence-electron chi connectivity index (χ4n) is 4.19. The van der Waals surface area contributed by atoms with Crippen LogP contribution >= 0.6 is 11.3 Å². The molecule has 1 aromatic carbocycles. The SMILES string of the molecule is Cc1nc(C(=O)N2CC(F)(F)CC(C)C2CNc2cnc(C(F)(F)F)cn2)c(-c2cccc(F)c2)s1. The molecule has 0 spiro atoms. The fourth-order valence-corrected chi connectivity index (χ4v) is 5.09. The van der Waals surface area contributed by atoms with Gasteiger partial charge in [-0.15, -0.1) is 11.3 Å². The molecule has 4 rings (SSSR count). The number of carbonyl (C=O) groups excluding carboxylic acids is 1. The van der Waals surface area contributed by atoms with Crippen molar-refractivity contribution in [3.05, 3.63) is 58.9 Å². The number of alkyl halides is 5. The molecule has 2 atom stereocenters. The summed E-state index contributed by atoms with van der Waals surface area (Å²) in [6.07, 6.45) is -3.67. The Morgan fingerprint density at radius 1 is 1.25 bits per heavy atom. The third-order valence-corrected chi connectivity index (χ3v) is 6.82. The molecule has 0 saturated carbocycles. The molecular formula is C23H21F6N5OS. The average Bonchev–Trinajstić information content (AvgIpc) is 3.18. The van der Waals surface area contributed by atoms with Crippen molar-refractivity contribution in [2.45, 2.75) is 38.4 Å². The molecule has 3 heterocycles. The molecule has 2 unspecified atom stereocenters. The van der Waals surface area contributed by atoms with Gasteiger partial charge in [-0.25, -0.2) is 28.1 Å². The average molecular weight is 530 g/mol. The predicted molar refractivity (Wildman–Crippen MR) is 121 cm³/mol. The smallest absolute Gasteiger partial charge is 0.367 e. The molecule has 3 aromatic rings. The van der Waals surface area contributed by atoms with Gasteiger partial charge in [-0.2, -0.15) is 13.2 Å². The molecule has 6 nitrogen and oxygen atoms in total. The monoisotopic (exact) mass is 529 g/mol. The van der Waals surface area contributed by atoms with Crippen molar-refractivity contribution in [2.75, 3.05) is 18.4 Å². The van der Waals surface area contributed by atoms with E-state index in [0.29, 0.717) is 21.6 Å². The number of benzene rings is 1. The van der Waals surface area contributed by atoms with Crippen LogP contribution in [0.2, 0.25) is 0 Å². The van der Waals surface area contributed by atoms with E-state index < -0.39 is 54.4 Å². The Labute approximate surface area is 206 Å². The first-order valence-electron chi connectivity index (χ1n) is 10.9. The lowest BCUT2D eigenvalue weighted by molar-refractivity contribution is -0.141. The first-order chi connectivity index (χ1) is 16.8. The fraction of sp³-hybridized carbons (Fsp3) is 0.391. The Bertz CT molecular complexity index is 1250. The van der Waals surface area contributed by atoms with E-state index in [9.17, 15) is 31.1 Å². The zero-order valence-corrected chi connectivity index (χ0v) is 19.9. The van der Waals surface area contributed by atoms with E-state index in [0.717, 1.165) is 22.4 Å². The van der Waals surface area contributed by atoms with Gasteiger partial charge in [0.25, 0.3) is 11.8 Å². The lowest BCUT2D eigenvalue weighted by Crippen LogP contribution is -2.57. The summed E-state index contributed by atoms with van der Waals surface area (Å²) in [6, 6.07) is 4.81. The van der Waals surface area contributed by atoms with Crippen LogP contribution in [0.3, 0.4) is 0 Å². The van der Waals surface area contributed by atoms with E-state index in [-0.39, 0.29) is 18.1 Å². The summed E-state index contributed by atoms with van der Waals surface area (Å²) in [5.74, 6) is -5.07. The highest BCUT2D eigenvalue weighted by Crippen LogP contribution is 2.38. The number of carbonyl (C=O) groups is 1. The van der Waals surface area contributed by atoms with Crippen LogP contribution in [0.1, 0.15) is 34.5 Å². The number of nitrogens with zero attached hydrogens (tertiary/aromatic N) is 4. The van der Waals surface area contributed by atoms with Crippen molar-refractivity contribution in [2.24, 2.45) is 5.92 Å². The number of halogens is 6. The van der Waals surface area contributed by atoms with Gasteiger partial charge in [-0.3, -0.25) is 4.79 Å². The van der Waals surface area contributed by atoms with Gasteiger partial charge in [0.1, 0.15) is 17.3 Å². The maximum atomic E-state index is 14.5. The predicted octanol–water partition coefficient (Wildman–Crippen LogP) is 5.66. The number of anilines is 1. The van der Waals surface area contributed by atoms with E-state index >= 15 is 0 Å². The van der Waals surface area contributed by atoms with E-state index in [2.05, 4.69) is 20.3 Å². The molecule has 1 fully saturated rings. The van der Waals surface area contributed by atoms with Crippen LogP contribution in [0.4, 0.5) is 32.2 Å². The largest absolute Gasteiger partial charge is 0.434 e. The molecule has 36 heavy (non-hydrogen) atoms. The highest BCUT2D eigenvalue weighted by atomic mass is 32.1. The zero-order valence-electron chi connectivity index (χ0n) is 19.1. The lowest BCUT2D eigenvalue weighted by atomic mass is 9.88. The van der Waals surface area contributed by atoms with Crippen LogP contribution in [0.5, 0.6) is 0 Å². The van der Waals surface area contributed by atoms with E-state index in [1.807, 2.05) is 0 Å². The van der Waals surface area contributed by atoms with Gasteiger partial charge >= 0.3 is 6.18 Å². The molecule has 13 heteroatoms. The summed E-state index contributed by atoms with van der Waals surface area (Å²) in [4.78, 5) is 26.2. The first-order valence-corrected chi connectivity index (χ1v) is 11.7. The minimum atomic E-state index is -4.65. The number of likely N-dealkylation sites (tertiary alicyclic amines) is 1. The van der Waals surface area contributed by atoms with Gasteiger partial charge in [0.15, 0.2) is 5.69 Å². The zero-order chi connectivity index (χ0) is 26.3. The van der Waals surface area contributed by atoms with Crippen molar-refractivity contribution in [3.8, 4) is 10.4 Å². The number of hydrogen-bond donors (Lipinski definition) is 1. The van der Waals surface area contributed by atoms with Gasteiger partial charge in [0, 0.05) is 13.0 Å². The molecule has 0 bridgehead atoms. The van der Waals surface area contributed by atoms with E-state index in [4.69, 9.17) is 0 Å². The number of amides is 1. The third-order valence-electron chi connectivity index (χ3n) is 5.80. The summed E-state index contributed by atoms with van der Waals surface area (Å²) in [5, 5.41) is 3.30. The minimum Gasteiger partial charge on any atom is -0.367 e. The Balaban J connectivity index is 1.61. The number of piperidine rings is 1. The second-order valence-corrected chi connectivity index (χ2v) is 9.83. The summed E-state index contributed by atoms with van der Waals surface area (Å²) in [7, 11) is 0. The molecule has 1 aliphatic rings. The summed E-state index contributed by atoms with van der Waals surface area (Å²) >= 11 is 1.15. The van der Waals surface area contributed by atoms with Crippen LogP contribution in [-0.4, -0.2) is 50.8 Å². The third kappa shape index (κ3) is 5.61. The van der Waals surface area contributed by atoms with Crippen LogP contribution in [0.25, 0.3) is 10.4 Å². The van der Waals surface area contributed by atoms with Gasteiger partial charge in [0.2, 0.25) is 0 Å². The topological polar surface area (TPSA) is 71.0 Å². The van der Waals surface area contributed by atoms with Crippen LogP contribution in [0, 0.1) is 18.7 Å². The van der Waals surface area contributed by atoms with Gasteiger partial charge in [-0.1, -0.05) is 19.1 Å². The molecule has 1 saturated heterocycles. The van der Waals surface area contributed by atoms with Crippen molar-refractivity contribution in [3.63, 3.8) is 0 Å². The molecule has 0 aliphatic carbocycles. The number of hydrogen-bond acceptors (Lipinski definition) is 6. The maximum Gasteiger partial charge on any atom is 0.434 e. The summed E-state index contributed by atoms with van der Waals surface area (Å²) in [5.41, 5.74) is -0.831. The normalized spacial score (nSPS) is 19.8. The lowest BCUT2D eigenvalue weighted by Gasteiger charge is -2.43. The number of nitrogens with one attached hydrogen (secondary N) is 1. The second kappa shape index (κ2) is 9.68. The number of aromatic nitrogens is 3. The Morgan fingerprint density at radius 3 is 2.64 bits per heavy atom.